The average Bonchev–Trinajstić information content (AvgIpc) is 2.43. The van der Waals surface area contributed by atoms with Gasteiger partial charge in [-0.15, -0.1) is 0 Å². The Bertz CT molecular complexity index is 365. The van der Waals surface area contributed by atoms with E-state index in [0.29, 0.717) is 22.2 Å². The number of likely N-dealkylation sites (N-methyl/N-ethyl adjacent to an activating group) is 1. The molecule has 16 heavy (non-hydrogen) atoms. The third kappa shape index (κ3) is 3.73. The van der Waals surface area contributed by atoms with Crippen LogP contribution < -0.4 is 0 Å². The van der Waals surface area contributed by atoms with E-state index in [1.165, 1.54) is 0 Å². The van der Waals surface area contributed by atoms with Gasteiger partial charge in [0.1, 0.15) is 23.1 Å². The van der Waals surface area contributed by atoms with E-state index in [4.69, 9.17) is 16.3 Å². The van der Waals surface area contributed by atoms with Gasteiger partial charge < -0.3 is 9.22 Å². The molecule has 0 aromatic carbocycles. The number of rotatable bonds is 4. The molecule has 0 radical (unpaired) electrons. The monoisotopic (exact) mass is 263 g/mol. The highest BCUT2D eigenvalue weighted by Crippen LogP contribution is 2.24. The van der Waals surface area contributed by atoms with E-state index in [1.54, 1.807) is 6.92 Å². The van der Waals surface area contributed by atoms with Gasteiger partial charge in [0.15, 0.2) is 0 Å². The number of ether oxygens (including phenoxy) is 1. The Morgan fingerprint density at radius 1 is 1.50 bits per heavy atom. The van der Waals surface area contributed by atoms with Gasteiger partial charge in [0, 0.05) is 0 Å². The Morgan fingerprint density at radius 2 is 2.12 bits per heavy atom. The van der Waals surface area contributed by atoms with Crippen molar-refractivity contribution in [3.05, 3.63) is 15.6 Å². The number of halogens is 1. The van der Waals surface area contributed by atoms with Crippen molar-refractivity contribution in [3.8, 4) is 0 Å². The van der Waals surface area contributed by atoms with E-state index in [2.05, 4.69) is 4.37 Å². The summed E-state index contributed by atoms with van der Waals surface area (Å²) in [6.45, 7) is 2.90. The van der Waals surface area contributed by atoms with Crippen LogP contribution in [0.15, 0.2) is 0 Å². The number of hydrogen-bond donors (Lipinski definition) is 0. The van der Waals surface area contributed by atoms with Crippen molar-refractivity contribution in [2.24, 2.45) is 0 Å². The fourth-order valence-electron chi connectivity index (χ4n) is 1.05. The second-order valence-corrected chi connectivity index (χ2v) is 5.94. The van der Waals surface area contributed by atoms with Gasteiger partial charge in [0.25, 0.3) is 0 Å². The molecule has 0 aliphatic rings. The molecular formula is C10H16ClN2O2S+. The first-order valence-corrected chi connectivity index (χ1v) is 6.06. The third-order valence-electron chi connectivity index (χ3n) is 2.02. The Morgan fingerprint density at radius 3 is 2.56 bits per heavy atom. The number of aryl methyl sites for hydroxylation is 1. The summed E-state index contributed by atoms with van der Waals surface area (Å²) >= 11 is 6.97. The highest BCUT2D eigenvalue weighted by molar-refractivity contribution is 7.11. The van der Waals surface area contributed by atoms with E-state index in [1.807, 2.05) is 21.1 Å². The molecule has 0 unspecified atom stereocenters. The van der Waals surface area contributed by atoms with Crippen LogP contribution in [0, 0.1) is 6.92 Å². The maximum atomic E-state index is 11.7. The Balaban J connectivity index is 2.54. The molecule has 0 aliphatic heterocycles. The summed E-state index contributed by atoms with van der Waals surface area (Å²) < 4.78 is 10.3. The molecule has 0 aliphatic carbocycles. The summed E-state index contributed by atoms with van der Waals surface area (Å²) in [7, 11) is 6.12. The molecule has 0 bridgehead atoms. The SMILES string of the molecule is Cc1nsc(Cl)c1C(=O)OCC[N+](C)(C)C. The zero-order chi connectivity index (χ0) is 12.3. The molecule has 0 amide bonds. The van der Waals surface area contributed by atoms with Gasteiger partial charge in [-0.05, 0) is 18.5 Å². The molecule has 0 saturated heterocycles. The summed E-state index contributed by atoms with van der Waals surface area (Å²) in [5.41, 5.74) is 1.03. The zero-order valence-electron chi connectivity index (χ0n) is 9.91. The highest BCUT2D eigenvalue weighted by Gasteiger charge is 2.19. The number of aromatic nitrogens is 1. The van der Waals surface area contributed by atoms with Crippen LogP contribution in [-0.4, -0.2) is 49.1 Å². The van der Waals surface area contributed by atoms with E-state index in [0.717, 1.165) is 22.6 Å². The van der Waals surface area contributed by atoms with Crippen LogP contribution in [0.3, 0.4) is 0 Å². The van der Waals surface area contributed by atoms with Crippen molar-refractivity contribution < 1.29 is 14.0 Å². The van der Waals surface area contributed by atoms with Crippen molar-refractivity contribution in [3.63, 3.8) is 0 Å². The lowest BCUT2D eigenvalue weighted by molar-refractivity contribution is -0.870. The standard InChI is InChI=1S/C10H16ClN2O2S/c1-7-8(9(11)16-12-7)10(14)15-6-5-13(2,3)4/h5-6H2,1-4H3/q+1. The van der Waals surface area contributed by atoms with Gasteiger partial charge in [0.05, 0.1) is 26.8 Å². The molecule has 1 aromatic heterocycles. The Kier molecular flexibility index (Phi) is 4.29. The molecule has 0 atom stereocenters. The number of hydrogen-bond acceptors (Lipinski definition) is 4. The molecule has 1 heterocycles. The minimum atomic E-state index is -0.385. The number of carbonyl (C=O) groups excluding carboxylic acids is 1. The number of carbonyl (C=O) groups is 1. The lowest BCUT2D eigenvalue weighted by Crippen LogP contribution is -2.38. The largest absolute Gasteiger partial charge is 0.456 e. The van der Waals surface area contributed by atoms with Crippen molar-refractivity contribution in [1.29, 1.82) is 0 Å². The Hall–Kier alpha value is -0.650. The molecule has 6 heteroatoms. The molecule has 0 N–H and O–H groups in total. The highest BCUT2D eigenvalue weighted by atomic mass is 35.5. The maximum absolute atomic E-state index is 11.7. The lowest BCUT2D eigenvalue weighted by Gasteiger charge is -2.23. The van der Waals surface area contributed by atoms with Crippen molar-refractivity contribution in [1.82, 2.24) is 4.37 Å². The first kappa shape index (κ1) is 13.4. The van der Waals surface area contributed by atoms with Gasteiger partial charge >= 0.3 is 5.97 Å². The fraction of sp³-hybridized carbons (Fsp3) is 0.600. The maximum Gasteiger partial charge on any atom is 0.342 e. The summed E-state index contributed by atoms with van der Waals surface area (Å²) in [4.78, 5) is 11.7. The molecule has 1 aromatic rings. The third-order valence-corrected chi connectivity index (χ3v) is 3.15. The minimum absolute atomic E-state index is 0.383. The van der Waals surface area contributed by atoms with Crippen LogP contribution in [0.4, 0.5) is 0 Å². The molecule has 0 fully saturated rings. The summed E-state index contributed by atoms with van der Waals surface area (Å²) in [6, 6.07) is 0. The number of quaternary nitrogens is 1. The normalized spacial score (nSPS) is 11.6. The van der Waals surface area contributed by atoms with Crippen LogP contribution in [0.2, 0.25) is 4.34 Å². The van der Waals surface area contributed by atoms with Gasteiger partial charge in [-0.3, -0.25) is 0 Å². The quantitative estimate of drug-likeness (QED) is 0.616. The van der Waals surface area contributed by atoms with Crippen LogP contribution in [-0.2, 0) is 4.74 Å². The predicted octanol–water partition coefficient (Wildman–Crippen LogP) is 1.97. The van der Waals surface area contributed by atoms with Gasteiger partial charge in [-0.25, -0.2) is 4.79 Å². The summed E-state index contributed by atoms with van der Waals surface area (Å²) in [5, 5.41) is 0. The second kappa shape index (κ2) is 5.12. The van der Waals surface area contributed by atoms with E-state index >= 15 is 0 Å². The topological polar surface area (TPSA) is 39.2 Å². The fourth-order valence-corrected chi connectivity index (χ4v) is 2.00. The van der Waals surface area contributed by atoms with Crippen LogP contribution in [0.5, 0.6) is 0 Å². The second-order valence-electron chi connectivity index (χ2n) is 4.57. The van der Waals surface area contributed by atoms with Crippen molar-refractivity contribution >= 4 is 29.1 Å². The number of esters is 1. The number of nitrogens with zero attached hydrogens (tertiary/aromatic N) is 2. The predicted molar refractivity (Wildman–Crippen MR) is 65.0 cm³/mol. The van der Waals surface area contributed by atoms with E-state index < -0.39 is 0 Å². The molecule has 90 valence electrons. The molecule has 0 spiro atoms. The van der Waals surface area contributed by atoms with Gasteiger partial charge in [-0.1, -0.05) is 11.6 Å². The first-order chi connectivity index (χ1) is 7.31. The summed E-state index contributed by atoms with van der Waals surface area (Å²) in [6.07, 6.45) is 0. The lowest BCUT2D eigenvalue weighted by atomic mass is 10.3. The first-order valence-electron chi connectivity index (χ1n) is 4.90. The molecule has 1 rings (SSSR count). The Labute approximate surface area is 105 Å². The van der Waals surface area contributed by atoms with Crippen LogP contribution in [0.25, 0.3) is 0 Å². The van der Waals surface area contributed by atoms with Crippen molar-refractivity contribution in [2.45, 2.75) is 6.92 Å². The molecule has 0 saturated carbocycles. The minimum Gasteiger partial charge on any atom is -0.456 e. The van der Waals surface area contributed by atoms with E-state index in [-0.39, 0.29) is 5.97 Å². The van der Waals surface area contributed by atoms with E-state index in [9.17, 15) is 4.79 Å². The average molecular weight is 264 g/mol. The summed E-state index contributed by atoms with van der Waals surface area (Å²) in [5.74, 6) is -0.385. The van der Waals surface area contributed by atoms with Gasteiger partial charge in [0.2, 0.25) is 0 Å². The van der Waals surface area contributed by atoms with Crippen LogP contribution in [0.1, 0.15) is 16.1 Å². The molecular weight excluding hydrogens is 248 g/mol. The smallest absolute Gasteiger partial charge is 0.342 e. The van der Waals surface area contributed by atoms with Crippen molar-refractivity contribution in [2.75, 3.05) is 34.3 Å². The zero-order valence-corrected chi connectivity index (χ0v) is 11.5. The van der Waals surface area contributed by atoms with Gasteiger partial charge in [-0.2, -0.15) is 4.37 Å². The van der Waals surface area contributed by atoms with Crippen LogP contribution >= 0.6 is 23.1 Å². The molecule has 4 nitrogen and oxygen atoms in total.